The van der Waals surface area contributed by atoms with Crippen molar-refractivity contribution >= 4 is 0 Å². The fourth-order valence-electron chi connectivity index (χ4n) is 1.89. The molecule has 0 spiro atoms. The van der Waals surface area contributed by atoms with Crippen molar-refractivity contribution in [2.24, 2.45) is 0 Å². The summed E-state index contributed by atoms with van der Waals surface area (Å²) in [6.45, 7) is 2.84. The van der Waals surface area contributed by atoms with Gasteiger partial charge in [0.25, 0.3) is 5.56 Å². The molecule has 4 heteroatoms. The highest BCUT2D eigenvalue weighted by Crippen LogP contribution is 2.19. The van der Waals surface area contributed by atoms with Crippen LogP contribution in [-0.2, 0) is 0 Å². The van der Waals surface area contributed by atoms with Crippen LogP contribution in [0.2, 0.25) is 0 Å². The molecule has 1 aromatic heterocycles. The molecule has 1 saturated heterocycles. The van der Waals surface area contributed by atoms with Gasteiger partial charge in [0.05, 0.1) is 5.69 Å². The third kappa shape index (κ3) is 2.01. The van der Waals surface area contributed by atoms with Crippen LogP contribution in [0.15, 0.2) is 10.9 Å². The minimum absolute atomic E-state index is 0.0557. The first-order chi connectivity index (χ1) is 6.75. The van der Waals surface area contributed by atoms with Crippen LogP contribution in [0.25, 0.3) is 0 Å². The third-order valence-corrected chi connectivity index (χ3v) is 2.55. The monoisotopic (exact) mass is 193 g/mol. The summed E-state index contributed by atoms with van der Waals surface area (Å²) in [6, 6.07) is 1.86. The van der Waals surface area contributed by atoms with Crippen LogP contribution in [0, 0.1) is 6.92 Å². The Hall–Kier alpha value is -1.16. The number of hydrogen-bond acceptors (Lipinski definition) is 3. The number of nitrogens with zero attached hydrogens (tertiary/aromatic N) is 1. The maximum atomic E-state index is 11.2. The molecule has 0 aliphatic carbocycles. The first kappa shape index (κ1) is 9.40. The van der Waals surface area contributed by atoms with E-state index in [1.165, 1.54) is 12.8 Å². The minimum atomic E-state index is -0.0557. The van der Waals surface area contributed by atoms with Crippen molar-refractivity contribution in [1.82, 2.24) is 15.3 Å². The van der Waals surface area contributed by atoms with Crippen molar-refractivity contribution in [3.63, 3.8) is 0 Å². The zero-order chi connectivity index (χ0) is 9.97. The summed E-state index contributed by atoms with van der Waals surface area (Å²) in [5, 5.41) is 3.37. The van der Waals surface area contributed by atoms with E-state index in [1.807, 2.05) is 6.92 Å². The van der Waals surface area contributed by atoms with Gasteiger partial charge in [0, 0.05) is 12.1 Å². The van der Waals surface area contributed by atoms with Crippen LogP contribution in [0.3, 0.4) is 0 Å². The summed E-state index contributed by atoms with van der Waals surface area (Å²) in [6.07, 6.45) is 3.51. The van der Waals surface area contributed by atoms with Crippen molar-refractivity contribution in [3.8, 4) is 0 Å². The largest absolute Gasteiger partial charge is 0.311 e. The maximum Gasteiger partial charge on any atom is 0.251 e. The molecule has 1 aliphatic heterocycles. The smallest absolute Gasteiger partial charge is 0.251 e. The molecule has 4 nitrogen and oxygen atoms in total. The summed E-state index contributed by atoms with van der Waals surface area (Å²) in [7, 11) is 0. The zero-order valence-corrected chi connectivity index (χ0v) is 8.34. The van der Waals surface area contributed by atoms with E-state index in [0.29, 0.717) is 5.82 Å². The maximum absolute atomic E-state index is 11.2. The number of hydrogen-bond donors (Lipinski definition) is 2. The quantitative estimate of drug-likeness (QED) is 0.696. The van der Waals surface area contributed by atoms with Gasteiger partial charge in [-0.1, -0.05) is 6.42 Å². The Morgan fingerprint density at radius 3 is 3.00 bits per heavy atom. The molecule has 2 N–H and O–H groups in total. The summed E-state index contributed by atoms with van der Waals surface area (Å²) in [5.74, 6) is 0.694. The molecule has 1 aromatic rings. The van der Waals surface area contributed by atoms with Crippen molar-refractivity contribution < 1.29 is 0 Å². The Bertz CT molecular complexity index is 366. The average molecular weight is 193 g/mol. The number of H-pyrrole nitrogens is 1. The van der Waals surface area contributed by atoms with Gasteiger partial charge in [0.15, 0.2) is 0 Å². The molecular formula is C10H15N3O. The summed E-state index contributed by atoms with van der Waals surface area (Å²) < 4.78 is 0. The van der Waals surface area contributed by atoms with Crippen LogP contribution >= 0.6 is 0 Å². The molecule has 0 amide bonds. The molecule has 2 rings (SSSR count). The van der Waals surface area contributed by atoms with Gasteiger partial charge >= 0.3 is 0 Å². The van der Waals surface area contributed by atoms with Gasteiger partial charge in [-0.05, 0) is 26.3 Å². The van der Waals surface area contributed by atoms with Crippen molar-refractivity contribution in [1.29, 1.82) is 0 Å². The fraction of sp³-hybridized carbons (Fsp3) is 0.600. The minimum Gasteiger partial charge on any atom is -0.311 e. The van der Waals surface area contributed by atoms with Crippen molar-refractivity contribution in [2.45, 2.75) is 32.2 Å². The molecule has 14 heavy (non-hydrogen) atoms. The van der Waals surface area contributed by atoms with Gasteiger partial charge < -0.3 is 10.3 Å². The van der Waals surface area contributed by atoms with E-state index in [2.05, 4.69) is 15.3 Å². The normalized spacial score (nSPS) is 22.2. The van der Waals surface area contributed by atoms with Crippen molar-refractivity contribution in [2.75, 3.05) is 6.54 Å². The van der Waals surface area contributed by atoms with Gasteiger partial charge in [-0.2, -0.15) is 0 Å². The lowest BCUT2D eigenvalue weighted by Gasteiger charge is -2.22. The molecular weight excluding hydrogens is 178 g/mol. The molecule has 1 atom stereocenters. The summed E-state index contributed by atoms with van der Waals surface area (Å²) in [4.78, 5) is 18.2. The standard InChI is InChI=1S/C10H15N3O/c1-7-12-9(6-10(14)13-7)8-4-2-3-5-11-8/h6,8,11H,2-5H2,1H3,(H,12,13,14)/t8-/m1/s1. The first-order valence-electron chi connectivity index (χ1n) is 5.07. The number of aryl methyl sites for hydroxylation is 1. The molecule has 0 saturated carbocycles. The predicted octanol–water partition coefficient (Wildman–Crippen LogP) is 0.893. The van der Waals surface area contributed by atoms with E-state index >= 15 is 0 Å². The number of aromatic nitrogens is 2. The average Bonchev–Trinajstić information content (AvgIpc) is 2.18. The highest BCUT2D eigenvalue weighted by atomic mass is 16.1. The molecule has 76 valence electrons. The Morgan fingerprint density at radius 2 is 2.36 bits per heavy atom. The van der Waals surface area contributed by atoms with Crippen molar-refractivity contribution in [3.05, 3.63) is 27.9 Å². The number of nitrogens with one attached hydrogen (secondary N) is 2. The molecule has 1 fully saturated rings. The van der Waals surface area contributed by atoms with Gasteiger partial charge in [-0.25, -0.2) is 4.98 Å². The lowest BCUT2D eigenvalue weighted by molar-refractivity contribution is 0.404. The Morgan fingerprint density at radius 1 is 1.50 bits per heavy atom. The van der Waals surface area contributed by atoms with Gasteiger partial charge in [-0.3, -0.25) is 4.79 Å². The lowest BCUT2D eigenvalue weighted by atomic mass is 10.0. The predicted molar refractivity (Wildman–Crippen MR) is 54.2 cm³/mol. The van der Waals surface area contributed by atoms with Crippen LogP contribution in [0.4, 0.5) is 0 Å². The summed E-state index contributed by atoms with van der Waals surface area (Å²) >= 11 is 0. The number of piperidine rings is 1. The lowest BCUT2D eigenvalue weighted by Crippen LogP contribution is -2.29. The van der Waals surface area contributed by atoms with E-state index in [-0.39, 0.29) is 11.6 Å². The highest BCUT2D eigenvalue weighted by Gasteiger charge is 2.16. The van der Waals surface area contributed by atoms with Crippen LogP contribution in [-0.4, -0.2) is 16.5 Å². The second kappa shape index (κ2) is 3.92. The Labute approximate surface area is 82.8 Å². The van der Waals surface area contributed by atoms with Gasteiger partial charge in [-0.15, -0.1) is 0 Å². The number of rotatable bonds is 1. The van der Waals surface area contributed by atoms with E-state index in [4.69, 9.17) is 0 Å². The molecule has 0 unspecified atom stereocenters. The molecule has 0 bridgehead atoms. The SMILES string of the molecule is Cc1nc([C@H]2CCCCN2)cc(=O)[nH]1. The number of aromatic amines is 1. The van der Waals surface area contributed by atoms with Crippen LogP contribution < -0.4 is 10.9 Å². The second-order valence-electron chi connectivity index (χ2n) is 3.76. The zero-order valence-electron chi connectivity index (χ0n) is 8.34. The Balaban J connectivity index is 2.26. The Kier molecular flexibility index (Phi) is 2.63. The van der Waals surface area contributed by atoms with Gasteiger partial charge in [0.2, 0.25) is 0 Å². The van der Waals surface area contributed by atoms with E-state index in [0.717, 1.165) is 18.7 Å². The summed E-state index contributed by atoms with van der Waals surface area (Å²) in [5.41, 5.74) is 0.825. The first-order valence-corrected chi connectivity index (χ1v) is 5.07. The molecule has 0 radical (unpaired) electrons. The fourth-order valence-corrected chi connectivity index (χ4v) is 1.89. The molecule has 1 aliphatic rings. The second-order valence-corrected chi connectivity index (χ2v) is 3.76. The van der Waals surface area contributed by atoms with E-state index in [1.54, 1.807) is 6.07 Å². The van der Waals surface area contributed by atoms with E-state index in [9.17, 15) is 4.79 Å². The topological polar surface area (TPSA) is 57.8 Å². The molecule has 0 aromatic carbocycles. The molecule has 2 heterocycles. The van der Waals surface area contributed by atoms with Gasteiger partial charge in [0.1, 0.15) is 5.82 Å². The third-order valence-electron chi connectivity index (χ3n) is 2.55. The highest BCUT2D eigenvalue weighted by molar-refractivity contribution is 5.08. The van der Waals surface area contributed by atoms with E-state index < -0.39 is 0 Å². The van der Waals surface area contributed by atoms with Crippen LogP contribution in [0.5, 0.6) is 0 Å². The van der Waals surface area contributed by atoms with Crippen LogP contribution in [0.1, 0.15) is 36.8 Å².